The molecule has 0 spiro atoms. The van der Waals surface area contributed by atoms with Crippen molar-refractivity contribution in [3.05, 3.63) is 23.8 Å². The van der Waals surface area contributed by atoms with Gasteiger partial charge in [-0.15, -0.1) is 0 Å². The lowest BCUT2D eigenvalue weighted by Gasteiger charge is -2.55. The van der Waals surface area contributed by atoms with Gasteiger partial charge in [-0.25, -0.2) is 0 Å². The quantitative estimate of drug-likeness (QED) is 0.564. The average molecular weight is 343 g/mol. The Morgan fingerprint density at radius 2 is 2.12 bits per heavy atom. The highest BCUT2D eigenvalue weighted by Crippen LogP contribution is 2.63. The van der Waals surface area contributed by atoms with Crippen molar-refractivity contribution in [3.63, 3.8) is 0 Å². The zero-order valence-corrected chi connectivity index (χ0v) is 15.4. The van der Waals surface area contributed by atoms with E-state index in [0.717, 1.165) is 32.1 Å². The maximum absolute atomic E-state index is 11.4. The van der Waals surface area contributed by atoms with Crippen LogP contribution < -0.4 is 0 Å². The summed E-state index contributed by atoms with van der Waals surface area (Å²) < 4.78 is 5.48. The number of ether oxygens (including phenoxy) is 1. The van der Waals surface area contributed by atoms with Gasteiger partial charge < -0.3 is 15.3 Å². The minimum atomic E-state index is -0.349. The molecule has 7 atom stereocenters. The van der Waals surface area contributed by atoms with Crippen molar-refractivity contribution in [3.8, 4) is 0 Å². The van der Waals surface area contributed by atoms with E-state index >= 15 is 0 Å². The van der Waals surface area contributed by atoms with Gasteiger partial charge in [0.1, 0.15) is 6.10 Å². The Labute approximate surface area is 149 Å². The molecule has 0 radical (unpaired) electrons. The van der Waals surface area contributed by atoms with Gasteiger partial charge in [-0.05, 0) is 49.9 Å². The highest BCUT2D eigenvalue weighted by Gasteiger charge is 2.59. The second-order valence-corrected chi connectivity index (χ2v) is 8.96. The zero-order valence-electron chi connectivity index (χ0n) is 15.4. The van der Waals surface area contributed by atoms with Gasteiger partial charge >= 0.3 is 5.97 Å². The van der Waals surface area contributed by atoms with Gasteiger partial charge in [-0.2, -0.15) is 0 Å². The molecule has 4 aliphatic carbocycles. The van der Waals surface area contributed by atoms with Gasteiger partial charge in [0, 0.05) is 17.8 Å². The molecule has 0 amide bonds. The average Bonchev–Trinajstić information content (AvgIpc) is 2.79. The Kier molecular flexibility index (Phi) is 3.77. The second-order valence-electron chi connectivity index (χ2n) is 8.96. The summed E-state index contributed by atoms with van der Waals surface area (Å²) >= 11 is 0. The molecule has 136 valence electrons. The van der Waals surface area contributed by atoms with Gasteiger partial charge in [0.25, 0.3) is 0 Å². The van der Waals surface area contributed by atoms with Gasteiger partial charge in [0.05, 0.1) is 11.8 Å². The van der Waals surface area contributed by atoms with Gasteiger partial charge in [-0.1, -0.05) is 37.6 Å². The van der Waals surface area contributed by atoms with E-state index < -0.39 is 0 Å². The largest absolute Gasteiger partial charge is 0.456 e. The number of rotatable bonds is 1. The normalized spacial score (nSPS) is 48.2. The van der Waals surface area contributed by atoms with Gasteiger partial charge in [0.2, 0.25) is 0 Å². The van der Waals surface area contributed by atoms with Crippen LogP contribution in [0.4, 0.5) is 0 Å². The number of esters is 1. The van der Waals surface area contributed by atoms with E-state index in [1.54, 1.807) is 0 Å². The molecule has 4 rings (SSSR count). The molecule has 4 heteroatoms. The maximum Gasteiger partial charge on any atom is 0.303 e. The third-order valence-corrected chi connectivity index (χ3v) is 7.73. The number of hydrogen-bond donors (Lipinski definition) is 2. The smallest absolute Gasteiger partial charge is 0.303 e. The van der Waals surface area contributed by atoms with Crippen LogP contribution in [0.5, 0.6) is 0 Å². The first-order chi connectivity index (χ1) is 11.8. The van der Waals surface area contributed by atoms with E-state index in [-0.39, 0.29) is 29.0 Å². The summed E-state index contributed by atoms with van der Waals surface area (Å²) in [5.41, 5.74) is 1.91. The minimum absolute atomic E-state index is 0.0329. The van der Waals surface area contributed by atoms with Crippen LogP contribution in [0.15, 0.2) is 23.8 Å². The second kappa shape index (κ2) is 5.54. The lowest BCUT2D eigenvalue weighted by atomic mass is 9.49. The molecule has 2 unspecified atom stereocenters. The number of aliphatic hydroxyl groups excluding tert-OH is 1. The predicted octanol–water partition coefficient (Wildman–Crippen LogP) is 3.65. The molecular weight excluding hydrogens is 314 g/mol. The number of aliphatic hydroxyl groups is 1. The van der Waals surface area contributed by atoms with Crippen LogP contribution in [0.2, 0.25) is 0 Å². The summed E-state index contributed by atoms with van der Waals surface area (Å²) in [4.78, 5) is 11.4. The number of carbonyl (C=O) groups is 1. The summed E-state index contributed by atoms with van der Waals surface area (Å²) in [5.74, 6) is 1.19. The SMILES string of the molecule is CC(=O)OC1C[C@H]2[C@@H]3CC=C4CC(O)C=C[C@]4(C)[C@@H]3CC[C@]2(C)C1=N. The summed E-state index contributed by atoms with van der Waals surface area (Å²) in [5, 5.41) is 18.6. The molecule has 0 aromatic heterocycles. The molecule has 0 bridgehead atoms. The van der Waals surface area contributed by atoms with Crippen LogP contribution in [-0.4, -0.2) is 29.0 Å². The molecule has 25 heavy (non-hydrogen) atoms. The van der Waals surface area contributed by atoms with Crippen molar-refractivity contribution >= 4 is 11.7 Å². The fraction of sp³-hybridized carbons (Fsp3) is 0.714. The van der Waals surface area contributed by atoms with Crippen LogP contribution in [0.25, 0.3) is 0 Å². The molecule has 0 aromatic rings. The van der Waals surface area contributed by atoms with E-state index in [1.807, 2.05) is 6.08 Å². The first-order valence-electron chi connectivity index (χ1n) is 9.59. The molecule has 2 fully saturated rings. The molecule has 0 heterocycles. The summed E-state index contributed by atoms with van der Waals surface area (Å²) in [7, 11) is 0. The Morgan fingerprint density at radius 3 is 2.84 bits per heavy atom. The summed E-state index contributed by atoms with van der Waals surface area (Å²) in [6.07, 6.45) is 10.5. The van der Waals surface area contributed by atoms with E-state index in [1.165, 1.54) is 12.5 Å². The van der Waals surface area contributed by atoms with Crippen molar-refractivity contribution in [2.45, 2.75) is 65.1 Å². The number of carbonyl (C=O) groups excluding carboxylic acids is 1. The lowest BCUT2D eigenvalue weighted by molar-refractivity contribution is -0.143. The molecule has 2 saturated carbocycles. The fourth-order valence-corrected chi connectivity index (χ4v) is 6.35. The Hall–Kier alpha value is -1.42. The van der Waals surface area contributed by atoms with Crippen LogP contribution in [0.1, 0.15) is 52.9 Å². The van der Waals surface area contributed by atoms with E-state index in [9.17, 15) is 9.90 Å². The number of nitrogens with one attached hydrogen (secondary N) is 1. The summed E-state index contributed by atoms with van der Waals surface area (Å²) in [6, 6.07) is 0. The number of hydrogen-bond acceptors (Lipinski definition) is 4. The zero-order chi connectivity index (χ0) is 18.0. The molecule has 4 aliphatic rings. The number of allylic oxidation sites excluding steroid dienone is 2. The molecular formula is C21H29NO3. The van der Waals surface area contributed by atoms with Crippen molar-refractivity contribution in [1.29, 1.82) is 5.41 Å². The topological polar surface area (TPSA) is 70.4 Å². The Bertz CT molecular complexity index is 681. The third kappa shape index (κ3) is 2.37. The highest BCUT2D eigenvalue weighted by atomic mass is 16.5. The van der Waals surface area contributed by atoms with E-state index in [4.69, 9.17) is 10.1 Å². The Morgan fingerprint density at radius 1 is 1.36 bits per heavy atom. The summed E-state index contributed by atoms with van der Waals surface area (Å²) in [6.45, 7) is 5.97. The first-order valence-corrected chi connectivity index (χ1v) is 9.59. The third-order valence-electron chi connectivity index (χ3n) is 7.73. The molecule has 0 aliphatic heterocycles. The van der Waals surface area contributed by atoms with Crippen molar-refractivity contribution < 1.29 is 14.6 Å². The minimum Gasteiger partial charge on any atom is -0.456 e. The maximum atomic E-state index is 11.4. The first kappa shape index (κ1) is 17.0. The van der Waals surface area contributed by atoms with Crippen LogP contribution >= 0.6 is 0 Å². The standard InChI is InChI=1S/C21H29NO3/c1-12(23)25-18-11-17-15-5-4-13-10-14(24)6-8-20(13,2)16(15)7-9-21(17,3)19(18)22/h4,6,8,14-18,22,24H,5,7,9-11H2,1-3H3/t14?,15-,16-,17+,18?,20+,21+/m1/s1. The van der Waals surface area contributed by atoms with Crippen LogP contribution in [0.3, 0.4) is 0 Å². The van der Waals surface area contributed by atoms with Crippen molar-refractivity contribution in [2.75, 3.05) is 0 Å². The molecule has 4 nitrogen and oxygen atoms in total. The highest BCUT2D eigenvalue weighted by molar-refractivity contribution is 5.95. The van der Waals surface area contributed by atoms with Crippen molar-refractivity contribution in [1.82, 2.24) is 0 Å². The lowest BCUT2D eigenvalue weighted by Crippen LogP contribution is -2.49. The van der Waals surface area contributed by atoms with Crippen molar-refractivity contribution in [2.24, 2.45) is 28.6 Å². The van der Waals surface area contributed by atoms with E-state index in [2.05, 4.69) is 26.0 Å². The van der Waals surface area contributed by atoms with Crippen LogP contribution in [0, 0.1) is 34.0 Å². The van der Waals surface area contributed by atoms with Crippen LogP contribution in [-0.2, 0) is 9.53 Å². The molecule has 2 N–H and O–H groups in total. The number of fused-ring (bicyclic) bond motifs is 5. The van der Waals surface area contributed by atoms with Gasteiger partial charge in [-0.3, -0.25) is 4.79 Å². The monoisotopic (exact) mass is 343 g/mol. The molecule has 0 saturated heterocycles. The predicted molar refractivity (Wildman–Crippen MR) is 96.3 cm³/mol. The Balaban J connectivity index is 1.66. The van der Waals surface area contributed by atoms with E-state index in [0.29, 0.717) is 23.5 Å². The van der Waals surface area contributed by atoms with Gasteiger partial charge in [0.15, 0.2) is 0 Å². The molecule has 0 aromatic carbocycles. The fourth-order valence-electron chi connectivity index (χ4n) is 6.35.